The van der Waals surface area contributed by atoms with Gasteiger partial charge >= 0.3 is 29.8 Å². The molecule has 12 nitrogen and oxygen atoms in total. The Labute approximate surface area is 246 Å². The van der Waals surface area contributed by atoms with Crippen molar-refractivity contribution in [3.8, 4) is 0 Å². The zero-order valence-corrected chi connectivity index (χ0v) is 25.8. The Morgan fingerprint density at radius 1 is 0.786 bits per heavy atom. The van der Waals surface area contributed by atoms with Crippen molar-refractivity contribution < 1.29 is 57.9 Å². The maximum atomic E-state index is 12.7. The minimum atomic E-state index is -1.46. The van der Waals surface area contributed by atoms with Gasteiger partial charge in [-0.3, -0.25) is 24.0 Å². The summed E-state index contributed by atoms with van der Waals surface area (Å²) in [5.41, 5.74) is -1.28. The average Bonchev–Trinajstić information content (AvgIpc) is 2.83. The zero-order valence-electron chi connectivity index (χ0n) is 25.8. The van der Waals surface area contributed by atoms with Gasteiger partial charge in [-0.15, -0.1) is 0 Å². The van der Waals surface area contributed by atoms with Gasteiger partial charge in [0.15, 0.2) is 12.2 Å². The Kier molecular flexibility index (Phi) is 9.83. The van der Waals surface area contributed by atoms with Crippen molar-refractivity contribution in [1.82, 2.24) is 0 Å². The SMILES string of the molecule is CC(=O)O[C@H]1C[C@H]2[C@@H](O)[C@@H]3[C@H](CO)[C@@H](OC(C)=O)C[C@H](OC(C)=O)[C@@]3(C)[C@@H](OC(C)=O)[C@H](OC(C)=O)C(=C1C)C2(C)C. The van der Waals surface area contributed by atoms with Gasteiger partial charge in [0, 0.05) is 59.5 Å². The number of carbonyl (C=O) groups is 5. The van der Waals surface area contributed by atoms with Gasteiger partial charge in [-0.25, -0.2) is 0 Å². The fraction of sp³-hybridized carbons (Fsp3) is 0.767. The minimum absolute atomic E-state index is 0.0726. The van der Waals surface area contributed by atoms with E-state index in [0.717, 1.165) is 0 Å². The second-order valence-corrected chi connectivity index (χ2v) is 12.5. The van der Waals surface area contributed by atoms with Crippen LogP contribution < -0.4 is 0 Å². The number of ether oxygens (including phenoxy) is 5. The number of hydrogen-bond donors (Lipinski definition) is 2. The monoisotopic (exact) mass is 596 g/mol. The van der Waals surface area contributed by atoms with Crippen LogP contribution in [-0.4, -0.2) is 83.3 Å². The molecule has 0 aliphatic heterocycles. The van der Waals surface area contributed by atoms with Crippen molar-refractivity contribution in [2.24, 2.45) is 28.6 Å². The first-order valence-electron chi connectivity index (χ1n) is 14.2. The van der Waals surface area contributed by atoms with Gasteiger partial charge in [0.2, 0.25) is 0 Å². The summed E-state index contributed by atoms with van der Waals surface area (Å²) < 4.78 is 29.0. The lowest BCUT2D eigenvalue weighted by molar-refractivity contribution is -0.255. The highest BCUT2D eigenvalue weighted by Gasteiger charge is 2.68. The standard InChI is InChI=1S/C30H44O12/c1-13-21(38-14(2)32)10-20-26(37)25-19(12-31)22(39-15(3)33)11-23(40-16(4)34)30(25,9)28(42-18(6)36)27(41-17(5)35)24(13)29(20,7)8/h19-23,25-28,31,37H,10-12H2,1-9H3/t19-,20+,21+,22+,23+,25+,26-,27-,28+,30-/m1/s1. The molecule has 0 spiro atoms. The van der Waals surface area contributed by atoms with Crippen molar-refractivity contribution in [3.05, 3.63) is 11.1 Å². The number of aliphatic hydroxyl groups is 2. The van der Waals surface area contributed by atoms with E-state index < -0.39 is 102 Å². The van der Waals surface area contributed by atoms with Gasteiger partial charge in [-0.05, 0) is 35.8 Å². The molecule has 0 aromatic rings. The van der Waals surface area contributed by atoms with E-state index >= 15 is 0 Å². The summed E-state index contributed by atoms with van der Waals surface area (Å²) in [6.45, 7) is 12.7. The average molecular weight is 597 g/mol. The molecule has 2 N–H and O–H groups in total. The van der Waals surface area contributed by atoms with Crippen LogP contribution in [0.5, 0.6) is 0 Å². The third-order valence-corrected chi connectivity index (χ3v) is 9.48. The molecule has 3 aliphatic rings. The molecule has 2 bridgehead atoms. The van der Waals surface area contributed by atoms with E-state index in [4.69, 9.17) is 23.7 Å². The van der Waals surface area contributed by atoms with E-state index in [2.05, 4.69) is 0 Å². The fourth-order valence-corrected chi connectivity index (χ4v) is 7.97. The number of fused-ring (bicyclic) bond motifs is 3. The highest BCUT2D eigenvalue weighted by Crippen LogP contribution is 2.61. The molecule has 0 aromatic carbocycles. The molecule has 3 rings (SSSR count). The molecule has 42 heavy (non-hydrogen) atoms. The van der Waals surface area contributed by atoms with E-state index in [9.17, 15) is 34.2 Å². The van der Waals surface area contributed by atoms with E-state index in [1.54, 1.807) is 13.8 Å². The van der Waals surface area contributed by atoms with Crippen LogP contribution in [0.3, 0.4) is 0 Å². The molecule has 10 atom stereocenters. The van der Waals surface area contributed by atoms with Crippen molar-refractivity contribution in [3.63, 3.8) is 0 Å². The molecule has 0 unspecified atom stereocenters. The molecule has 0 aromatic heterocycles. The Bertz CT molecular complexity index is 1140. The largest absolute Gasteiger partial charge is 0.462 e. The lowest BCUT2D eigenvalue weighted by Gasteiger charge is -2.62. The van der Waals surface area contributed by atoms with Gasteiger partial charge < -0.3 is 33.9 Å². The maximum Gasteiger partial charge on any atom is 0.303 e. The predicted octanol–water partition coefficient (Wildman–Crippen LogP) is 2.02. The molecule has 12 heteroatoms. The second kappa shape index (κ2) is 12.3. The molecule has 0 radical (unpaired) electrons. The Balaban J connectivity index is 2.47. The first-order chi connectivity index (χ1) is 19.4. The van der Waals surface area contributed by atoms with Crippen LogP contribution in [0.4, 0.5) is 0 Å². The quantitative estimate of drug-likeness (QED) is 0.260. The van der Waals surface area contributed by atoms with Crippen LogP contribution in [-0.2, 0) is 47.7 Å². The molecule has 236 valence electrons. The summed E-state index contributed by atoms with van der Waals surface area (Å²) in [6.07, 6.45) is -6.61. The number of aliphatic hydroxyl groups excluding tert-OH is 2. The molecule has 2 saturated carbocycles. The first-order valence-corrected chi connectivity index (χ1v) is 14.2. The lowest BCUT2D eigenvalue weighted by Crippen LogP contribution is -2.70. The number of hydrogen-bond acceptors (Lipinski definition) is 12. The number of esters is 5. The van der Waals surface area contributed by atoms with Crippen LogP contribution >= 0.6 is 0 Å². The van der Waals surface area contributed by atoms with Crippen molar-refractivity contribution in [2.75, 3.05) is 6.61 Å². The van der Waals surface area contributed by atoms with Crippen LogP contribution in [0.1, 0.15) is 75.2 Å². The summed E-state index contributed by atoms with van der Waals surface area (Å²) in [5.74, 6) is -5.82. The number of rotatable bonds is 6. The molecule has 0 heterocycles. The normalized spacial score (nSPS) is 37.3. The fourth-order valence-electron chi connectivity index (χ4n) is 7.97. The van der Waals surface area contributed by atoms with Crippen LogP contribution in [0, 0.1) is 28.6 Å². The first kappa shape index (κ1) is 33.5. The van der Waals surface area contributed by atoms with Crippen LogP contribution in [0.15, 0.2) is 11.1 Å². The Morgan fingerprint density at radius 2 is 1.31 bits per heavy atom. The summed E-state index contributed by atoms with van der Waals surface area (Å²) in [4.78, 5) is 62.1. The molecular formula is C30H44O12. The second-order valence-electron chi connectivity index (χ2n) is 12.5. The minimum Gasteiger partial charge on any atom is -0.462 e. The van der Waals surface area contributed by atoms with Crippen molar-refractivity contribution >= 4 is 29.8 Å². The molecule has 0 amide bonds. The Morgan fingerprint density at radius 3 is 1.79 bits per heavy atom. The lowest BCUT2D eigenvalue weighted by atomic mass is 9.47. The van der Waals surface area contributed by atoms with Gasteiger partial charge in [-0.1, -0.05) is 20.8 Å². The zero-order chi connectivity index (χ0) is 31.9. The summed E-state index contributed by atoms with van der Waals surface area (Å²) in [5, 5.41) is 23.1. The molecular weight excluding hydrogens is 552 g/mol. The van der Waals surface area contributed by atoms with Gasteiger partial charge in [0.1, 0.15) is 18.3 Å². The van der Waals surface area contributed by atoms with Crippen LogP contribution in [0.25, 0.3) is 0 Å². The van der Waals surface area contributed by atoms with E-state index in [1.807, 2.05) is 13.8 Å². The smallest absolute Gasteiger partial charge is 0.303 e. The van der Waals surface area contributed by atoms with E-state index in [0.29, 0.717) is 11.1 Å². The number of carbonyl (C=O) groups excluding carboxylic acids is 5. The third-order valence-electron chi connectivity index (χ3n) is 9.48. The summed E-state index contributed by atoms with van der Waals surface area (Å²) >= 11 is 0. The van der Waals surface area contributed by atoms with E-state index in [1.165, 1.54) is 34.6 Å². The summed E-state index contributed by atoms with van der Waals surface area (Å²) in [7, 11) is 0. The third kappa shape index (κ3) is 6.06. The molecule has 0 saturated heterocycles. The Hall–Kier alpha value is -2.99. The molecule has 3 aliphatic carbocycles. The predicted molar refractivity (Wildman–Crippen MR) is 145 cm³/mol. The topological polar surface area (TPSA) is 172 Å². The van der Waals surface area contributed by atoms with E-state index in [-0.39, 0.29) is 12.8 Å². The van der Waals surface area contributed by atoms with Crippen molar-refractivity contribution in [2.45, 2.75) is 112 Å². The molecule has 2 fully saturated rings. The van der Waals surface area contributed by atoms with Crippen molar-refractivity contribution in [1.29, 1.82) is 0 Å². The van der Waals surface area contributed by atoms with Gasteiger partial charge in [-0.2, -0.15) is 0 Å². The van der Waals surface area contributed by atoms with Crippen LogP contribution in [0.2, 0.25) is 0 Å². The maximum absolute atomic E-state index is 12.7. The summed E-state index contributed by atoms with van der Waals surface area (Å²) in [6, 6.07) is 0. The van der Waals surface area contributed by atoms with Gasteiger partial charge in [0.05, 0.1) is 11.5 Å². The highest BCUT2D eigenvalue weighted by molar-refractivity contribution is 5.69. The highest BCUT2D eigenvalue weighted by atomic mass is 16.6. The van der Waals surface area contributed by atoms with Gasteiger partial charge in [0.25, 0.3) is 0 Å².